The molecule has 1 heterocycles. The fraction of sp³-hybridized carbons (Fsp3) is 0.409. The summed E-state index contributed by atoms with van der Waals surface area (Å²) in [5.41, 5.74) is 2.33. The predicted molar refractivity (Wildman–Crippen MR) is 125 cm³/mol. The lowest BCUT2D eigenvalue weighted by molar-refractivity contribution is -0.119. The number of anilines is 1. The van der Waals surface area contributed by atoms with Crippen LogP contribution < -0.4 is 14.4 Å². The van der Waals surface area contributed by atoms with E-state index >= 15 is 0 Å². The molecule has 32 heavy (non-hydrogen) atoms. The lowest BCUT2D eigenvalue weighted by atomic mass is 10.1. The molecule has 1 saturated heterocycles. The predicted octanol–water partition coefficient (Wildman–Crippen LogP) is 2.26. The van der Waals surface area contributed by atoms with E-state index in [1.807, 2.05) is 24.3 Å². The first-order valence-electron chi connectivity index (χ1n) is 10.2. The lowest BCUT2D eigenvalue weighted by Crippen LogP contribution is -2.40. The molecule has 0 spiro atoms. The maximum atomic E-state index is 12.6. The second-order valence-corrected chi connectivity index (χ2v) is 9.91. The van der Waals surface area contributed by atoms with Gasteiger partial charge in [-0.1, -0.05) is 35.9 Å². The highest BCUT2D eigenvalue weighted by molar-refractivity contribution is 7.92. The van der Waals surface area contributed by atoms with Gasteiger partial charge in [-0.15, -0.1) is 0 Å². The first kappa shape index (κ1) is 24.3. The minimum Gasteiger partial charge on any atom is -0.495 e. The van der Waals surface area contributed by atoms with E-state index in [1.54, 1.807) is 12.1 Å². The summed E-state index contributed by atoms with van der Waals surface area (Å²) < 4.78 is 36.3. The second-order valence-electron chi connectivity index (χ2n) is 7.57. The Kier molecular flexibility index (Phi) is 8.36. The number of nitrogens with one attached hydrogen (secondary N) is 1. The first-order chi connectivity index (χ1) is 15.3. The average molecular weight is 482 g/mol. The standard InChI is InChI=1S/C22H28ClN3O5S/c1-30-21-8-7-19(23)13-20(21)26(32(2,28)29)16-22(27)24-14-17-3-5-18(6-4-17)15-25-9-11-31-12-10-25/h3-8,13H,9-12,14-16H2,1-2H3,(H,24,27). The zero-order valence-corrected chi connectivity index (χ0v) is 19.8. The van der Waals surface area contributed by atoms with E-state index in [9.17, 15) is 13.2 Å². The Hall–Kier alpha value is -2.33. The summed E-state index contributed by atoms with van der Waals surface area (Å²) in [6.45, 7) is 4.13. The molecule has 0 bridgehead atoms. The van der Waals surface area contributed by atoms with Gasteiger partial charge in [-0.25, -0.2) is 8.42 Å². The van der Waals surface area contributed by atoms with Gasteiger partial charge in [-0.2, -0.15) is 0 Å². The topological polar surface area (TPSA) is 88.2 Å². The molecule has 2 aromatic rings. The Bertz CT molecular complexity index is 1020. The zero-order valence-electron chi connectivity index (χ0n) is 18.2. The normalized spacial score (nSPS) is 14.7. The SMILES string of the molecule is COc1ccc(Cl)cc1N(CC(=O)NCc1ccc(CN2CCOCC2)cc1)S(C)(=O)=O. The minimum atomic E-state index is -3.74. The van der Waals surface area contributed by atoms with E-state index in [0.29, 0.717) is 17.3 Å². The van der Waals surface area contributed by atoms with Gasteiger partial charge < -0.3 is 14.8 Å². The summed E-state index contributed by atoms with van der Waals surface area (Å²) in [4.78, 5) is 14.9. The van der Waals surface area contributed by atoms with Crippen molar-refractivity contribution in [3.8, 4) is 5.75 Å². The third-order valence-electron chi connectivity index (χ3n) is 5.12. The van der Waals surface area contributed by atoms with Crippen LogP contribution in [0.4, 0.5) is 5.69 Å². The Labute approximate surface area is 194 Å². The number of carbonyl (C=O) groups is 1. The largest absolute Gasteiger partial charge is 0.495 e. The van der Waals surface area contributed by atoms with Crippen LogP contribution in [0.2, 0.25) is 5.02 Å². The van der Waals surface area contributed by atoms with E-state index in [2.05, 4.69) is 10.2 Å². The number of halogens is 1. The number of sulfonamides is 1. The van der Waals surface area contributed by atoms with Crippen LogP contribution in [0.3, 0.4) is 0 Å². The molecule has 1 aliphatic rings. The van der Waals surface area contributed by atoms with Crippen LogP contribution in [-0.4, -0.2) is 65.4 Å². The van der Waals surface area contributed by atoms with Crippen LogP contribution in [-0.2, 0) is 32.6 Å². The second kappa shape index (κ2) is 11.0. The van der Waals surface area contributed by atoms with Gasteiger partial charge >= 0.3 is 0 Å². The average Bonchev–Trinajstić information content (AvgIpc) is 2.77. The van der Waals surface area contributed by atoms with Crippen molar-refractivity contribution in [2.45, 2.75) is 13.1 Å². The van der Waals surface area contributed by atoms with E-state index in [0.717, 1.165) is 49.0 Å². The van der Waals surface area contributed by atoms with Crippen molar-refractivity contribution in [2.24, 2.45) is 0 Å². The van der Waals surface area contributed by atoms with Crippen LogP contribution in [0.25, 0.3) is 0 Å². The smallest absolute Gasteiger partial charge is 0.241 e. The van der Waals surface area contributed by atoms with Gasteiger partial charge in [0.1, 0.15) is 12.3 Å². The summed E-state index contributed by atoms with van der Waals surface area (Å²) >= 11 is 6.03. The first-order valence-corrected chi connectivity index (χ1v) is 12.4. The molecule has 1 fully saturated rings. The zero-order chi connectivity index (χ0) is 23.1. The number of carbonyl (C=O) groups excluding carboxylic acids is 1. The molecule has 1 aliphatic heterocycles. The molecule has 0 aliphatic carbocycles. The van der Waals surface area contributed by atoms with Crippen LogP contribution in [0.5, 0.6) is 5.75 Å². The van der Waals surface area contributed by atoms with Crippen molar-refractivity contribution in [2.75, 3.05) is 50.5 Å². The molecule has 1 amide bonds. The van der Waals surface area contributed by atoms with Crippen LogP contribution in [0.15, 0.2) is 42.5 Å². The number of rotatable bonds is 9. The number of amides is 1. The van der Waals surface area contributed by atoms with E-state index in [1.165, 1.54) is 18.7 Å². The number of ether oxygens (including phenoxy) is 2. The number of hydrogen-bond acceptors (Lipinski definition) is 6. The van der Waals surface area contributed by atoms with Crippen molar-refractivity contribution in [3.63, 3.8) is 0 Å². The molecule has 10 heteroatoms. The Morgan fingerprint density at radius 2 is 1.81 bits per heavy atom. The molecule has 0 saturated carbocycles. The maximum Gasteiger partial charge on any atom is 0.241 e. The van der Waals surface area contributed by atoms with Crippen molar-refractivity contribution in [1.82, 2.24) is 10.2 Å². The van der Waals surface area contributed by atoms with Crippen molar-refractivity contribution in [3.05, 3.63) is 58.6 Å². The third kappa shape index (κ3) is 6.83. The molecule has 1 N–H and O–H groups in total. The van der Waals surface area contributed by atoms with Crippen molar-refractivity contribution in [1.29, 1.82) is 0 Å². The molecular formula is C22H28ClN3O5S. The maximum absolute atomic E-state index is 12.6. The molecule has 3 rings (SSSR count). The van der Waals surface area contributed by atoms with Crippen LogP contribution in [0.1, 0.15) is 11.1 Å². The summed E-state index contributed by atoms with van der Waals surface area (Å²) in [6.07, 6.45) is 1.04. The summed E-state index contributed by atoms with van der Waals surface area (Å²) in [5.74, 6) is -0.127. The van der Waals surface area contributed by atoms with Crippen molar-refractivity contribution < 1.29 is 22.7 Å². The van der Waals surface area contributed by atoms with E-state index in [-0.39, 0.29) is 12.2 Å². The Morgan fingerprint density at radius 3 is 2.44 bits per heavy atom. The van der Waals surface area contributed by atoms with Gasteiger partial charge in [0.15, 0.2) is 0 Å². The summed E-state index contributed by atoms with van der Waals surface area (Å²) in [6, 6.07) is 12.6. The number of methoxy groups -OCH3 is 1. The van der Waals surface area contributed by atoms with Crippen LogP contribution >= 0.6 is 11.6 Å². The molecule has 0 unspecified atom stereocenters. The van der Waals surface area contributed by atoms with Gasteiger partial charge in [0.05, 0.1) is 32.3 Å². The number of hydrogen-bond donors (Lipinski definition) is 1. The minimum absolute atomic E-state index is 0.213. The number of benzene rings is 2. The summed E-state index contributed by atoms with van der Waals surface area (Å²) in [7, 11) is -2.32. The van der Waals surface area contributed by atoms with Gasteiger partial charge in [0, 0.05) is 31.2 Å². The van der Waals surface area contributed by atoms with Gasteiger partial charge in [-0.3, -0.25) is 14.0 Å². The molecule has 174 valence electrons. The van der Waals surface area contributed by atoms with Crippen molar-refractivity contribution >= 4 is 33.2 Å². The third-order valence-corrected chi connectivity index (χ3v) is 6.48. The number of morpholine rings is 1. The highest BCUT2D eigenvalue weighted by atomic mass is 35.5. The van der Waals surface area contributed by atoms with Gasteiger partial charge in [-0.05, 0) is 29.3 Å². The lowest BCUT2D eigenvalue weighted by Gasteiger charge is -2.26. The van der Waals surface area contributed by atoms with E-state index in [4.69, 9.17) is 21.1 Å². The highest BCUT2D eigenvalue weighted by Gasteiger charge is 2.24. The van der Waals surface area contributed by atoms with Gasteiger partial charge in [0.25, 0.3) is 0 Å². The fourth-order valence-corrected chi connectivity index (χ4v) is 4.42. The molecule has 0 radical (unpaired) electrons. The van der Waals surface area contributed by atoms with Gasteiger partial charge in [0.2, 0.25) is 15.9 Å². The fourth-order valence-electron chi connectivity index (χ4n) is 3.41. The monoisotopic (exact) mass is 481 g/mol. The Morgan fingerprint density at radius 1 is 1.16 bits per heavy atom. The van der Waals surface area contributed by atoms with Crippen LogP contribution in [0, 0.1) is 0 Å². The molecule has 0 aromatic heterocycles. The molecular weight excluding hydrogens is 454 g/mol. The molecule has 8 nitrogen and oxygen atoms in total. The highest BCUT2D eigenvalue weighted by Crippen LogP contribution is 2.32. The van der Waals surface area contributed by atoms with E-state index < -0.39 is 15.9 Å². The molecule has 0 atom stereocenters. The number of nitrogens with zero attached hydrogens (tertiary/aromatic N) is 2. The quantitative estimate of drug-likeness (QED) is 0.591. The Balaban J connectivity index is 1.60. The summed E-state index contributed by atoms with van der Waals surface area (Å²) in [5, 5.41) is 3.12. The molecule has 2 aromatic carbocycles.